The first-order valence-corrected chi connectivity index (χ1v) is 13.4. The van der Waals surface area contributed by atoms with Crippen molar-refractivity contribution in [1.29, 1.82) is 0 Å². The lowest BCUT2D eigenvalue weighted by molar-refractivity contribution is 0.0368. The Morgan fingerprint density at radius 3 is 2.09 bits per heavy atom. The molecule has 1 saturated heterocycles. The molecular weight excluding hydrogens is 432 g/mol. The van der Waals surface area contributed by atoms with Gasteiger partial charge in [0.15, 0.2) is 0 Å². The lowest BCUT2D eigenvalue weighted by Gasteiger charge is -2.29. The molecule has 0 aromatic heterocycles. The molecular formula is C27H40N2O3S. The van der Waals surface area contributed by atoms with Crippen LogP contribution in [0.1, 0.15) is 55.0 Å². The predicted octanol–water partition coefficient (Wildman–Crippen LogP) is 4.82. The van der Waals surface area contributed by atoms with Crippen LogP contribution in [-0.4, -0.2) is 57.0 Å². The fraction of sp³-hybridized carbons (Fsp3) is 0.556. The quantitative estimate of drug-likeness (QED) is 0.553. The van der Waals surface area contributed by atoms with Gasteiger partial charge in [-0.3, -0.25) is 4.90 Å². The summed E-state index contributed by atoms with van der Waals surface area (Å²) in [6, 6.07) is 12.3. The van der Waals surface area contributed by atoms with E-state index in [4.69, 9.17) is 4.74 Å². The Morgan fingerprint density at radius 2 is 1.55 bits per heavy atom. The van der Waals surface area contributed by atoms with Gasteiger partial charge in [0.1, 0.15) is 0 Å². The molecule has 2 aromatic rings. The summed E-state index contributed by atoms with van der Waals surface area (Å²) in [5.41, 5.74) is 5.04. The number of benzene rings is 2. The molecule has 0 saturated carbocycles. The second-order valence-corrected chi connectivity index (χ2v) is 12.2. The van der Waals surface area contributed by atoms with Crippen molar-refractivity contribution in [3.05, 3.63) is 64.2 Å². The minimum Gasteiger partial charge on any atom is -0.379 e. The van der Waals surface area contributed by atoms with Crippen molar-refractivity contribution < 1.29 is 13.2 Å². The van der Waals surface area contributed by atoms with Crippen molar-refractivity contribution in [3.8, 4) is 0 Å². The Hall–Kier alpha value is -1.73. The Kier molecular flexibility index (Phi) is 8.38. The van der Waals surface area contributed by atoms with Gasteiger partial charge in [0.25, 0.3) is 0 Å². The molecule has 33 heavy (non-hydrogen) atoms. The van der Waals surface area contributed by atoms with Gasteiger partial charge in [-0.25, -0.2) is 8.42 Å². The molecule has 0 aliphatic carbocycles. The van der Waals surface area contributed by atoms with E-state index in [1.165, 1.54) is 5.56 Å². The second-order valence-electron chi connectivity index (χ2n) is 10.3. The van der Waals surface area contributed by atoms with Crippen molar-refractivity contribution in [2.24, 2.45) is 0 Å². The summed E-state index contributed by atoms with van der Waals surface area (Å²) >= 11 is 0. The first kappa shape index (κ1) is 25.9. The summed E-state index contributed by atoms with van der Waals surface area (Å²) in [5, 5.41) is 0. The fourth-order valence-electron chi connectivity index (χ4n) is 4.60. The number of aryl methyl sites for hydroxylation is 3. The molecule has 5 nitrogen and oxygen atoms in total. The average Bonchev–Trinajstić information content (AvgIpc) is 2.72. The van der Waals surface area contributed by atoms with Crippen molar-refractivity contribution >= 4 is 10.0 Å². The van der Waals surface area contributed by atoms with Gasteiger partial charge >= 0.3 is 0 Å². The first-order chi connectivity index (χ1) is 15.5. The number of rotatable bonds is 8. The summed E-state index contributed by atoms with van der Waals surface area (Å²) in [4.78, 5) is 2.81. The van der Waals surface area contributed by atoms with Crippen LogP contribution >= 0.6 is 0 Å². The summed E-state index contributed by atoms with van der Waals surface area (Å²) in [7, 11) is -3.63. The number of morpholine rings is 1. The van der Waals surface area contributed by atoms with Crippen LogP contribution in [0.15, 0.2) is 41.3 Å². The maximum absolute atomic E-state index is 13.9. The SMILES string of the molecule is Cc1cc(C)c(S(=O)(=O)N(CCCN2CCOCC2)Cc2ccc(C(C)(C)C)cc2)c(C)c1. The van der Waals surface area contributed by atoms with Gasteiger partial charge in [-0.1, -0.05) is 62.7 Å². The van der Waals surface area contributed by atoms with Gasteiger partial charge in [-0.2, -0.15) is 4.31 Å². The van der Waals surface area contributed by atoms with Gasteiger partial charge in [-0.05, 0) is 61.4 Å². The molecule has 2 aromatic carbocycles. The molecule has 0 N–H and O–H groups in total. The summed E-state index contributed by atoms with van der Waals surface area (Å²) in [5.74, 6) is 0. The highest BCUT2D eigenvalue weighted by Gasteiger charge is 2.28. The number of ether oxygens (including phenoxy) is 1. The molecule has 1 aliphatic heterocycles. The van der Waals surface area contributed by atoms with Gasteiger partial charge in [0, 0.05) is 26.2 Å². The molecule has 1 aliphatic rings. The first-order valence-electron chi connectivity index (χ1n) is 12.0. The fourth-order valence-corrected chi connectivity index (χ4v) is 6.47. The highest BCUT2D eigenvalue weighted by Crippen LogP contribution is 2.28. The highest BCUT2D eigenvalue weighted by molar-refractivity contribution is 7.89. The molecule has 3 rings (SSSR count). The third-order valence-electron chi connectivity index (χ3n) is 6.37. The van der Waals surface area contributed by atoms with Crippen molar-refractivity contribution in [2.75, 3.05) is 39.4 Å². The van der Waals surface area contributed by atoms with Gasteiger partial charge < -0.3 is 4.74 Å². The molecule has 0 unspecified atom stereocenters. The van der Waals surface area contributed by atoms with E-state index in [2.05, 4.69) is 49.9 Å². The minimum atomic E-state index is -3.63. The van der Waals surface area contributed by atoms with Crippen LogP contribution in [0.25, 0.3) is 0 Å². The Labute approximate surface area is 200 Å². The zero-order chi connectivity index (χ0) is 24.2. The zero-order valence-electron chi connectivity index (χ0n) is 21.1. The molecule has 0 bridgehead atoms. The molecule has 6 heteroatoms. The number of sulfonamides is 1. The second kappa shape index (κ2) is 10.7. The lowest BCUT2D eigenvalue weighted by Crippen LogP contribution is -2.39. The van der Waals surface area contributed by atoms with E-state index in [1.54, 1.807) is 4.31 Å². The molecule has 0 amide bonds. The maximum atomic E-state index is 13.9. The minimum absolute atomic E-state index is 0.0680. The van der Waals surface area contributed by atoms with E-state index in [0.717, 1.165) is 61.5 Å². The van der Waals surface area contributed by atoms with Crippen LogP contribution in [0.3, 0.4) is 0 Å². The summed E-state index contributed by atoms with van der Waals surface area (Å²) in [6.07, 6.45) is 0.795. The molecule has 0 spiro atoms. The Morgan fingerprint density at radius 1 is 0.970 bits per heavy atom. The molecule has 0 atom stereocenters. The highest BCUT2D eigenvalue weighted by atomic mass is 32.2. The smallest absolute Gasteiger partial charge is 0.243 e. The predicted molar refractivity (Wildman–Crippen MR) is 135 cm³/mol. The summed E-state index contributed by atoms with van der Waals surface area (Å²) < 4.78 is 34.9. The standard InChI is InChI=1S/C27H40N2O3S/c1-21-18-22(2)26(23(3)19-21)33(30,31)29(13-7-12-28-14-16-32-17-15-28)20-24-8-10-25(11-9-24)27(4,5)6/h8-11,18-19H,7,12-17,20H2,1-6H3. The topological polar surface area (TPSA) is 49.9 Å². The number of nitrogens with zero attached hydrogens (tertiary/aromatic N) is 2. The van der Waals surface area contributed by atoms with E-state index in [9.17, 15) is 8.42 Å². The van der Waals surface area contributed by atoms with Crippen LogP contribution in [0.5, 0.6) is 0 Å². The van der Waals surface area contributed by atoms with E-state index in [1.807, 2.05) is 32.9 Å². The lowest BCUT2D eigenvalue weighted by atomic mass is 9.87. The van der Waals surface area contributed by atoms with Crippen molar-refractivity contribution in [1.82, 2.24) is 9.21 Å². The van der Waals surface area contributed by atoms with E-state index in [0.29, 0.717) is 18.0 Å². The molecule has 0 radical (unpaired) electrons. The Bertz CT molecular complexity index is 1010. The van der Waals surface area contributed by atoms with E-state index < -0.39 is 10.0 Å². The van der Waals surface area contributed by atoms with Crippen molar-refractivity contribution in [3.63, 3.8) is 0 Å². The third kappa shape index (κ3) is 6.66. The monoisotopic (exact) mass is 472 g/mol. The largest absolute Gasteiger partial charge is 0.379 e. The number of hydrogen-bond acceptors (Lipinski definition) is 4. The maximum Gasteiger partial charge on any atom is 0.243 e. The van der Waals surface area contributed by atoms with Crippen molar-refractivity contribution in [2.45, 2.75) is 64.8 Å². The van der Waals surface area contributed by atoms with Crippen LogP contribution in [0.4, 0.5) is 0 Å². The van der Waals surface area contributed by atoms with Crippen LogP contribution in [-0.2, 0) is 26.7 Å². The normalized spacial score (nSPS) is 15.8. The molecule has 1 fully saturated rings. The Balaban J connectivity index is 1.86. The molecule has 1 heterocycles. The molecule has 182 valence electrons. The van der Waals surface area contributed by atoms with Gasteiger partial charge in [0.2, 0.25) is 10.0 Å². The number of hydrogen-bond donors (Lipinski definition) is 0. The summed E-state index contributed by atoms with van der Waals surface area (Å²) in [6.45, 7) is 17.5. The van der Waals surface area contributed by atoms with Crippen LogP contribution in [0, 0.1) is 20.8 Å². The zero-order valence-corrected chi connectivity index (χ0v) is 22.0. The van der Waals surface area contributed by atoms with Crippen LogP contribution in [0.2, 0.25) is 0 Å². The average molecular weight is 473 g/mol. The van der Waals surface area contributed by atoms with E-state index in [-0.39, 0.29) is 5.41 Å². The van der Waals surface area contributed by atoms with E-state index >= 15 is 0 Å². The van der Waals surface area contributed by atoms with Gasteiger partial charge in [-0.15, -0.1) is 0 Å². The third-order valence-corrected chi connectivity index (χ3v) is 8.52. The van der Waals surface area contributed by atoms with Crippen LogP contribution < -0.4 is 0 Å². The van der Waals surface area contributed by atoms with Gasteiger partial charge in [0.05, 0.1) is 18.1 Å².